The number of hydrogen-bond donors (Lipinski definition) is 0. The molecule has 122 valence electrons. The largest absolute Gasteiger partial charge is 0.312 e. The van der Waals surface area contributed by atoms with Crippen LogP contribution >= 0.6 is 0 Å². The zero-order chi connectivity index (χ0) is 16.9. The van der Waals surface area contributed by atoms with Crippen LogP contribution in [0, 0.1) is 0 Å². The van der Waals surface area contributed by atoms with Gasteiger partial charge >= 0.3 is 0 Å². The molecule has 0 radical (unpaired) electrons. The maximum Gasteiger partial charge on any atom is 0.258 e. The number of para-hydroxylation sites is 1. The van der Waals surface area contributed by atoms with Gasteiger partial charge in [0.25, 0.3) is 5.91 Å². The van der Waals surface area contributed by atoms with Gasteiger partial charge in [-0.15, -0.1) is 6.58 Å². The second-order valence-corrected chi connectivity index (χ2v) is 5.74. The molecule has 2 amide bonds. The number of hydrogen-bond acceptors (Lipinski definition) is 2. The van der Waals surface area contributed by atoms with E-state index in [9.17, 15) is 9.59 Å². The van der Waals surface area contributed by atoms with Crippen molar-refractivity contribution in [2.24, 2.45) is 0 Å². The molecule has 3 rings (SSSR count). The molecule has 4 nitrogen and oxygen atoms in total. The lowest BCUT2D eigenvalue weighted by Crippen LogP contribution is -2.31. The van der Waals surface area contributed by atoms with Crippen LogP contribution in [0.15, 0.2) is 67.3 Å². The maximum absolute atomic E-state index is 12.8. The summed E-state index contributed by atoms with van der Waals surface area (Å²) < 4.78 is 0. The van der Waals surface area contributed by atoms with E-state index in [0.29, 0.717) is 18.5 Å². The van der Waals surface area contributed by atoms with Crippen LogP contribution in [0.5, 0.6) is 0 Å². The first-order valence-electron chi connectivity index (χ1n) is 8.09. The second kappa shape index (κ2) is 7.13. The molecule has 0 spiro atoms. The predicted molar refractivity (Wildman–Crippen MR) is 96.3 cm³/mol. The first-order valence-corrected chi connectivity index (χ1v) is 8.09. The molecule has 0 saturated carbocycles. The minimum Gasteiger partial charge on any atom is -0.312 e. The van der Waals surface area contributed by atoms with Gasteiger partial charge in [0.1, 0.15) is 0 Å². The Bertz CT molecular complexity index is 738. The summed E-state index contributed by atoms with van der Waals surface area (Å²) in [6.07, 6.45) is 3.20. The number of carbonyl (C=O) groups excluding carboxylic acids is 2. The van der Waals surface area contributed by atoms with Crippen LogP contribution in [-0.2, 0) is 4.79 Å². The number of rotatable bonds is 5. The summed E-state index contributed by atoms with van der Waals surface area (Å²) in [5.41, 5.74) is 2.28. The highest BCUT2D eigenvalue weighted by molar-refractivity contribution is 6.06. The SMILES string of the molecule is C=CCN(C(=O)c1ccc(N2CCCC2=O)cc1)c1ccccc1. The molecule has 1 fully saturated rings. The lowest BCUT2D eigenvalue weighted by molar-refractivity contribution is -0.117. The van der Waals surface area contributed by atoms with Gasteiger partial charge in [-0.05, 0) is 42.8 Å². The molecule has 2 aromatic carbocycles. The highest BCUT2D eigenvalue weighted by Gasteiger charge is 2.22. The van der Waals surface area contributed by atoms with Gasteiger partial charge in [-0.25, -0.2) is 0 Å². The molecule has 0 unspecified atom stereocenters. The van der Waals surface area contributed by atoms with Crippen LogP contribution in [-0.4, -0.2) is 24.9 Å². The van der Waals surface area contributed by atoms with E-state index in [0.717, 1.165) is 24.3 Å². The first-order chi connectivity index (χ1) is 11.7. The fraction of sp³-hybridized carbons (Fsp3) is 0.200. The molecule has 4 heteroatoms. The normalized spacial score (nSPS) is 13.8. The third-order valence-corrected chi connectivity index (χ3v) is 4.12. The Hall–Kier alpha value is -2.88. The fourth-order valence-corrected chi connectivity index (χ4v) is 2.90. The standard InChI is InChI=1S/C20H20N2O2/c1-2-14-22(17-7-4-3-5-8-17)20(24)16-10-12-18(13-11-16)21-15-6-9-19(21)23/h2-5,7-8,10-13H,1,6,9,14-15H2. The van der Waals surface area contributed by atoms with E-state index in [4.69, 9.17) is 0 Å². The van der Waals surface area contributed by atoms with Crippen molar-refractivity contribution in [3.8, 4) is 0 Å². The summed E-state index contributed by atoms with van der Waals surface area (Å²) in [4.78, 5) is 28.1. The lowest BCUT2D eigenvalue weighted by Gasteiger charge is -2.22. The van der Waals surface area contributed by atoms with Crippen molar-refractivity contribution in [1.82, 2.24) is 0 Å². The Labute approximate surface area is 142 Å². The summed E-state index contributed by atoms with van der Waals surface area (Å²) in [5.74, 6) is 0.0621. The third-order valence-electron chi connectivity index (χ3n) is 4.12. The Morgan fingerprint density at radius 2 is 1.83 bits per heavy atom. The number of anilines is 2. The molecular formula is C20H20N2O2. The van der Waals surface area contributed by atoms with Gasteiger partial charge in [0.2, 0.25) is 5.91 Å². The van der Waals surface area contributed by atoms with Gasteiger partial charge in [-0.1, -0.05) is 24.3 Å². The molecule has 1 saturated heterocycles. The number of amides is 2. The van der Waals surface area contributed by atoms with E-state index in [1.807, 2.05) is 42.5 Å². The first kappa shape index (κ1) is 16.0. The summed E-state index contributed by atoms with van der Waals surface area (Å²) in [6, 6.07) is 16.8. The maximum atomic E-state index is 12.8. The Kier molecular flexibility index (Phi) is 4.75. The van der Waals surface area contributed by atoms with Gasteiger partial charge in [-0.2, -0.15) is 0 Å². The van der Waals surface area contributed by atoms with Gasteiger partial charge < -0.3 is 9.80 Å². The Morgan fingerprint density at radius 1 is 1.12 bits per heavy atom. The van der Waals surface area contributed by atoms with Crippen LogP contribution in [0.25, 0.3) is 0 Å². The van der Waals surface area contributed by atoms with Crippen LogP contribution < -0.4 is 9.80 Å². The third kappa shape index (κ3) is 3.23. The van der Waals surface area contributed by atoms with Crippen molar-refractivity contribution in [3.63, 3.8) is 0 Å². The number of nitrogens with zero attached hydrogens (tertiary/aromatic N) is 2. The molecule has 1 heterocycles. The van der Waals surface area contributed by atoms with Gasteiger partial charge in [0.05, 0.1) is 0 Å². The Balaban J connectivity index is 1.83. The Morgan fingerprint density at radius 3 is 2.42 bits per heavy atom. The van der Waals surface area contributed by atoms with E-state index < -0.39 is 0 Å². The molecule has 0 N–H and O–H groups in total. The van der Waals surface area contributed by atoms with Crippen molar-refractivity contribution < 1.29 is 9.59 Å². The summed E-state index contributed by atoms with van der Waals surface area (Å²) >= 11 is 0. The van der Waals surface area contributed by atoms with Crippen LogP contribution in [0.4, 0.5) is 11.4 Å². The van der Waals surface area contributed by atoms with Gasteiger partial charge in [0, 0.05) is 36.4 Å². The lowest BCUT2D eigenvalue weighted by atomic mass is 10.1. The molecular weight excluding hydrogens is 300 g/mol. The van der Waals surface area contributed by atoms with Crippen molar-refractivity contribution in [2.75, 3.05) is 22.9 Å². The molecule has 0 aliphatic carbocycles. The second-order valence-electron chi connectivity index (χ2n) is 5.74. The molecule has 24 heavy (non-hydrogen) atoms. The smallest absolute Gasteiger partial charge is 0.258 e. The number of benzene rings is 2. The molecule has 2 aromatic rings. The van der Waals surface area contributed by atoms with Gasteiger partial charge in [0.15, 0.2) is 0 Å². The van der Waals surface area contributed by atoms with Crippen LogP contribution in [0.1, 0.15) is 23.2 Å². The monoisotopic (exact) mass is 320 g/mol. The van der Waals surface area contributed by atoms with Crippen LogP contribution in [0.3, 0.4) is 0 Å². The van der Waals surface area contributed by atoms with E-state index >= 15 is 0 Å². The van der Waals surface area contributed by atoms with E-state index in [-0.39, 0.29) is 11.8 Å². The fourth-order valence-electron chi connectivity index (χ4n) is 2.90. The predicted octanol–water partition coefficient (Wildman–Crippen LogP) is 3.65. The quantitative estimate of drug-likeness (QED) is 0.789. The zero-order valence-corrected chi connectivity index (χ0v) is 13.5. The highest BCUT2D eigenvalue weighted by Crippen LogP contribution is 2.23. The molecule has 1 aliphatic rings. The zero-order valence-electron chi connectivity index (χ0n) is 13.5. The average molecular weight is 320 g/mol. The van der Waals surface area contributed by atoms with Gasteiger partial charge in [-0.3, -0.25) is 9.59 Å². The van der Waals surface area contributed by atoms with Crippen LogP contribution in [0.2, 0.25) is 0 Å². The minimum atomic E-state index is -0.0830. The van der Waals surface area contributed by atoms with E-state index in [1.54, 1.807) is 28.0 Å². The highest BCUT2D eigenvalue weighted by atomic mass is 16.2. The summed E-state index contributed by atoms with van der Waals surface area (Å²) in [7, 11) is 0. The van der Waals surface area contributed by atoms with Crippen molar-refractivity contribution in [2.45, 2.75) is 12.8 Å². The van der Waals surface area contributed by atoms with Crippen molar-refractivity contribution >= 4 is 23.2 Å². The minimum absolute atomic E-state index is 0.0830. The summed E-state index contributed by atoms with van der Waals surface area (Å²) in [5, 5.41) is 0. The van der Waals surface area contributed by atoms with Crippen molar-refractivity contribution in [1.29, 1.82) is 0 Å². The van der Waals surface area contributed by atoms with E-state index in [2.05, 4.69) is 6.58 Å². The molecule has 1 aliphatic heterocycles. The molecule has 0 atom stereocenters. The van der Waals surface area contributed by atoms with Crippen molar-refractivity contribution in [3.05, 3.63) is 72.8 Å². The molecule has 0 aromatic heterocycles. The molecule has 0 bridgehead atoms. The summed E-state index contributed by atoms with van der Waals surface area (Å²) in [6.45, 7) is 4.93. The average Bonchev–Trinajstić information content (AvgIpc) is 3.06. The van der Waals surface area contributed by atoms with E-state index in [1.165, 1.54) is 0 Å². The number of carbonyl (C=O) groups is 2. The topological polar surface area (TPSA) is 40.6 Å².